The van der Waals surface area contributed by atoms with Crippen LogP contribution in [0.2, 0.25) is 5.02 Å². The molecule has 0 amide bonds. The highest BCUT2D eigenvalue weighted by Crippen LogP contribution is 2.12. The molecule has 2 rings (SSSR count). The van der Waals surface area contributed by atoms with Crippen LogP contribution in [-0.4, -0.2) is 37.6 Å². The number of piperidine rings is 1. The zero-order valence-corrected chi connectivity index (χ0v) is 11.2. The Kier molecular flexibility index (Phi) is 4.84. The van der Waals surface area contributed by atoms with E-state index in [1.165, 1.54) is 24.9 Å². The molecule has 1 unspecified atom stereocenters. The van der Waals surface area contributed by atoms with Gasteiger partial charge in [-0.05, 0) is 50.6 Å². The van der Waals surface area contributed by atoms with E-state index in [2.05, 4.69) is 29.4 Å². The topological polar surface area (TPSA) is 15.3 Å². The summed E-state index contributed by atoms with van der Waals surface area (Å²) in [4.78, 5) is 2.47. The summed E-state index contributed by atoms with van der Waals surface area (Å²) in [6, 6.07) is 8.89. The van der Waals surface area contributed by atoms with Gasteiger partial charge in [0.2, 0.25) is 0 Å². The minimum atomic E-state index is 0.705. The summed E-state index contributed by atoms with van der Waals surface area (Å²) in [5, 5.41) is 4.28. The fraction of sp³-hybridized carbons (Fsp3) is 0.571. The quantitative estimate of drug-likeness (QED) is 0.886. The zero-order chi connectivity index (χ0) is 12.1. The van der Waals surface area contributed by atoms with E-state index in [1.807, 2.05) is 12.1 Å². The number of halogens is 1. The number of nitrogens with one attached hydrogen (secondary N) is 1. The van der Waals surface area contributed by atoms with Gasteiger partial charge in [-0.25, -0.2) is 0 Å². The first-order valence-electron chi connectivity index (χ1n) is 6.41. The normalized spacial score (nSPS) is 20.8. The molecule has 0 aromatic heterocycles. The summed E-state index contributed by atoms with van der Waals surface area (Å²) in [7, 11) is 2.23. The molecule has 1 fully saturated rings. The third-order valence-electron chi connectivity index (χ3n) is 3.56. The second-order valence-electron chi connectivity index (χ2n) is 4.86. The van der Waals surface area contributed by atoms with Crippen LogP contribution in [0.5, 0.6) is 0 Å². The van der Waals surface area contributed by atoms with Crippen molar-refractivity contribution >= 4 is 11.6 Å². The van der Waals surface area contributed by atoms with Gasteiger partial charge >= 0.3 is 0 Å². The first kappa shape index (κ1) is 12.9. The number of hydrogen-bond donors (Lipinski definition) is 1. The van der Waals surface area contributed by atoms with E-state index in [1.54, 1.807) is 0 Å². The van der Waals surface area contributed by atoms with Crippen molar-refractivity contribution in [2.45, 2.75) is 25.3 Å². The molecule has 1 atom stereocenters. The molecule has 0 aliphatic carbocycles. The molecule has 1 N–H and O–H groups in total. The number of hydrogen-bond acceptors (Lipinski definition) is 2. The standard InChI is InChI=1S/C14H21ClN2/c1-17(14-3-2-9-16-11-14)10-8-12-4-6-13(15)7-5-12/h4-7,14,16H,2-3,8-11H2,1H3. The largest absolute Gasteiger partial charge is 0.315 e. The number of rotatable bonds is 4. The van der Waals surface area contributed by atoms with Crippen molar-refractivity contribution in [2.75, 3.05) is 26.7 Å². The lowest BCUT2D eigenvalue weighted by atomic mass is 10.1. The Bertz CT molecular complexity index is 331. The molecule has 0 bridgehead atoms. The minimum Gasteiger partial charge on any atom is -0.315 e. The molecule has 94 valence electrons. The van der Waals surface area contributed by atoms with Gasteiger partial charge in [0.25, 0.3) is 0 Å². The lowest BCUT2D eigenvalue weighted by Gasteiger charge is -2.31. The Balaban J connectivity index is 1.78. The van der Waals surface area contributed by atoms with Gasteiger partial charge in [-0.2, -0.15) is 0 Å². The van der Waals surface area contributed by atoms with Gasteiger partial charge in [0.05, 0.1) is 0 Å². The van der Waals surface area contributed by atoms with Crippen LogP contribution < -0.4 is 5.32 Å². The average Bonchev–Trinajstić information content (AvgIpc) is 2.39. The summed E-state index contributed by atoms with van der Waals surface area (Å²) >= 11 is 5.88. The van der Waals surface area contributed by atoms with Crippen LogP contribution >= 0.6 is 11.6 Å². The highest BCUT2D eigenvalue weighted by molar-refractivity contribution is 6.30. The van der Waals surface area contributed by atoms with Gasteiger partial charge in [-0.15, -0.1) is 0 Å². The molecule has 1 aliphatic rings. The lowest BCUT2D eigenvalue weighted by Crippen LogP contribution is -2.44. The highest BCUT2D eigenvalue weighted by atomic mass is 35.5. The average molecular weight is 253 g/mol. The maximum Gasteiger partial charge on any atom is 0.0406 e. The van der Waals surface area contributed by atoms with Crippen LogP contribution in [0.15, 0.2) is 24.3 Å². The minimum absolute atomic E-state index is 0.705. The molecule has 1 heterocycles. The van der Waals surface area contributed by atoms with Gasteiger partial charge in [0.15, 0.2) is 0 Å². The van der Waals surface area contributed by atoms with Crippen molar-refractivity contribution in [3.63, 3.8) is 0 Å². The van der Waals surface area contributed by atoms with Crippen LogP contribution in [0.3, 0.4) is 0 Å². The maximum absolute atomic E-state index is 5.88. The molecule has 1 aromatic rings. The summed E-state index contributed by atoms with van der Waals surface area (Å²) < 4.78 is 0. The Morgan fingerprint density at radius 1 is 1.35 bits per heavy atom. The highest BCUT2D eigenvalue weighted by Gasteiger charge is 2.16. The van der Waals surface area contributed by atoms with Gasteiger partial charge < -0.3 is 10.2 Å². The van der Waals surface area contributed by atoms with Crippen LogP contribution in [0.1, 0.15) is 18.4 Å². The second-order valence-corrected chi connectivity index (χ2v) is 5.29. The van der Waals surface area contributed by atoms with Crippen LogP contribution in [0, 0.1) is 0 Å². The lowest BCUT2D eigenvalue weighted by molar-refractivity contribution is 0.205. The number of nitrogens with zero attached hydrogens (tertiary/aromatic N) is 1. The maximum atomic E-state index is 5.88. The van der Waals surface area contributed by atoms with Crippen LogP contribution in [-0.2, 0) is 6.42 Å². The van der Waals surface area contributed by atoms with Crippen LogP contribution in [0.25, 0.3) is 0 Å². The monoisotopic (exact) mass is 252 g/mol. The first-order valence-corrected chi connectivity index (χ1v) is 6.79. The van der Waals surface area contributed by atoms with Crippen molar-refractivity contribution in [3.05, 3.63) is 34.9 Å². The molecule has 0 spiro atoms. The molecular formula is C14H21ClN2. The zero-order valence-electron chi connectivity index (χ0n) is 10.5. The second kappa shape index (κ2) is 6.39. The van der Waals surface area contributed by atoms with Gasteiger partial charge in [-0.3, -0.25) is 0 Å². The molecule has 17 heavy (non-hydrogen) atoms. The van der Waals surface area contributed by atoms with Gasteiger partial charge in [0, 0.05) is 24.2 Å². The van der Waals surface area contributed by atoms with E-state index >= 15 is 0 Å². The Morgan fingerprint density at radius 3 is 2.76 bits per heavy atom. The smallest absolute Gasteiger partial charge is 0.0406 e. The van der Waals surface area contributed by atoms with Crippen molar-refractivity contribution < 1.29 is 0 Å². The Morgan fingerprint density at radius 2 is 2.12 bits per heavy atom. The van der Waals surface area contributed by atoms with E-state index in [-0.39, 0.29) is 0 Å². The van der Waals surface area contributed by atoms with Gasteiger partial charge in [0.1, 0.15) is 0 Å². The van der Waals surface area contributed by atoms with Crippen molar-refractivity contribution in [1.29, 1.82) is 0 Å². The predicted octanol–water partition coefficient (Wildman–Crippen LogP) is 2.57. The van der Waals surface area contributed by atoms with E-state index in [0.717, 1.165) is 24.5 Å². The number of benzene rings is 1. The fourth-order valence-electron chi connectivity index (χ4n) is 2.35. The van der Waals surface area contributed by atoms with Gasteiger partial charge in [-0.1, -0.05) is 23.7 Å². The summed E-state index contributed by atoms with van der Waals surface area (Å²) in [5.74, 6) is 0. The van der Waals surface area contributed by atoms with E-state index < -0.39 is 0 Å². The summed E-state index contributed by atoms with van der Waals surface area (Å²) in [6.45, 7) is 3.44. The number of likely N-dealkylation sites (N-methyl/N-ethyl adjacent to an activating group) is 1. The predicted molar refractivity (Wildman–Crippen MR) is 73.7 cm³/mol. The molecule has 0 radical (unpaired) electrons. The summed E-state index contributed by atoms with van der Waals surface area (Å²) in [6.07, 6.45) is 3.73. The first-order chi connectivity index (χ1) is 8.25. The fourth-order valence-corrected chi connectivity index (χ4v) is 2.47. The molecule has 2 nitrogen and oxygen atoms in total. The van der Waals surface area contributed by atoms with Crippen molar-refractivity contribution in [2.24, 2.45) is 0 Å². The SMILES string of the molecule is CN(CCc1ccc(Cl)cc1)C1CCCNC1. The van der Waals surface area contributed by atoms with E-state index in [9.17, 15) is 0 Å². The molecule has 1 aliphatic heterocycles. The van der Waals surface area contributed by atoms with E-state index in [0.29, 0.717) is 6.04 Å². The third kappa shape index (κ3) is 3.98. The molecular weight excluding hydrogens is 232 g/mol. The molecule has 1 saturated heterocycles. The molecule has 0 saturated carbocycles. The van der Waals surface area contributed by atoms with Crippen molar-refractivity contribution in [3.8, 4) is 0 Å². The summed E-state index contributed by atoms with van der Waals surface area (Å²) in [5.41, 5.74) is 1.37. The molecule has 3 heteroatoms. The van der Waals surface area contributed by atoms with E-state index in [4.69, 9.17) is 11.6 Å². The molecule has 1 aromatic carbocycles. The Hall–Kier alpha value is -0.570. The Labute approximate surface area is 109 Å². The van der Waals surface area contributed by atoms with Crippen LogP contribution in [0.4, 0.5) is 0 Å². The third-order valence-corrected chi connectivity index (χ3v) is 3.81. The van der Waals surface area contributed by atoms with Crippen molar-refractivity contribution in [1.82, 2.24) is 10.2 Å².